The maximum Gasteiger partial charge on any atom is 0.306 e. The molecule has 15 heteroatoms. The van der Waals surface area contributed by atoms with Crippen molar-refractivity contribution in [3.8, 4) is 0 Å². The lowest BCUT2D eigenvalue weighted by molar-refractivity contribution is -0.332. The van der Waals surface area contributed by atoms with E-state index < -0.39 is 99.3 Å². The first-order valence-corrected chi connectivity index (χ1v) is 26.2. The number of unbranched alkanes of at least 4 members (excludes halogenated alkanes) is 12. The fourth-order valence-electron chi connectivity index (χ4n) is 7.54. The number of esters is 2. The van der Waals surface area contributed by atoms with Crippen molar-refractivity contribution in [2.75, 3.05) is 26.4 Å². The summed E-state index contributed by atoms with van der Waals surface area (Å²) in [4.78, 5) is 25.7. The smallest absolute Gasteiger partial charge is 0.306 e. The summed E-state index contributed by atoms with van der Waals surface area (Å²) in [6.07, 6.45) is 33.3. The van der Waals surface area contributed by atoms with Crippen molar-refractivity contribution in [2.24, 2.45) is 0 Å². The number of rotatable bonds is 39. The van der Waals surface area contributed by atoms with Crippen LogP contribution in [0.5, 0.6) is 0 Å². The summed E-state index contributed by atoms with van der Waals surface area (Å²) in [5.74, 6) is -1.05. The van der Waals surface area contributed by atoms with Crippen molar-refractivity contribution in [1.82, 2.24) is 0 Å². The molecule has 7 N–H and O–H groups in total. The number of ether oxygens (including phenoxy) is 6. The SMILES string of the molecule is CCCCC/C=C/C/C=C/C/C=C/C/C=C/C/C=C/CCC(=O)O[C@H](COC(=O)CCCCCCC/C=C/C=C/CCCCCC)CO[C@H]1O[C@@H](CO[C@H]2O[C@@H](CO)[C@@H](O)C(O)C2O)[C@@H](O)C(O)C1O. The number of hydrogen-bond donors (Lipinski definition) is 7. The monoisotopic (exact) mass is 991 g/mol. The topological polar surface area (TPSA) is 231 Å². The Balaban J connectivity index is 1.85. The normalized spacial score (nSPS) is 26.1. The van der Waals surface area contributed by atoms with Gasteiger partial charge in [-0.05, 0) is 77.0 Å². The van der Waals surface area contributed by atoms with Crippen LogP contribution in [0.25, 0.3) is 0 Å². The van der Waals surface area contributed by atoms with E-state index in [9.17, 15) is 45.3 Å². The van der Waals surface area contributed by atoms with E-state index in [0.29, 0.717) is 19.3 Å². The van der Waals surface area contributed by atoms with Crippen LogP contribution in [-0.4, -0.2) is 142 Å². The average Bonchev–Trinajstić information content (AvgIpc) is 3.35. The summed E-state index contributed by atoms with van der Waals surface area (Å²) in [5.41, 5.74) is 0. The zero-order valence-electron chi connectivity index (χ0n) is 42.2. The highest BCUT2D eigenvalue weighted by molar-refractivity contribution is 5.70. The van der Waals surface area contributed by atoms with Gasteiger partial charge in [-0.1, -0.05) is 150 Å². The largest absolute Gasteiger partial charge is 0.462 e. The number of aliphatic hydroxyl groups is 7. The Morgan fingerprint density at radius 2 is 0.929 bits per heavy atom. The Bertz CT molecular complexity index is 1540. The maximum absolute atomic E-state index is 13.0. The van der Waals surface area contributed by atoms with E-state index in [-0.39, 0.29) is 19.4 Å². The molecule has 0 aromatic rings. The van der Waals surface area contributed by atoms with Crippen LogP contribution in [0.1, 0.15) is 155 Å². The summed E-state index contributed by atoms with van der Waals surface area (Å²) < 4.78 is 33.5. The van der Waals surface area contributed by atoms with Crippen LogP contribution in [0.4, 0.5) is 0 Å². The van der Waals surface area contributed by atoms with Crippen molar-refractivity contribution in [2.45, 2.75) is 223 Å². The molecule has 0 saturated carbocycles. The number of hydrogen-bond acceptors (Lipinski definition) is 15. The third kappa shape index (κ3) is 28.7. The third-order valence-corrected chi connectivity index (χ3v) is 11.9. The minimum absolute atomic E-state index is 0.0337. The molecule has 70 heavy (non-hydrogen) atoms. The molecule has 0 amide bonds. The molecule has 2 aliphatic rings. The standard InChI is InChI=1S/C55H90O15/c1-3-5-7-9-11-13-15-17-19-20-21-22-24-26-28-30-32-34-36-38-47(58)68-43(40-65-46(57)37-35-33-31-29-27-25-23-18-16-14-12-10-8-6-4-2)41-66-54-53(64)51(62)49(60)45(70-54)42-67-55-52(63)50(61)48(59)44(39-56)69-55/h11,13-14,16-19,21-23,26,28,32,34,43-45,48-56,59-64H,3-10,12,15,20,24-25,27,29-31,33,35-42H2,1-2H3/b13-11+,16-14+,19-17+,22-21+,23-18+,28-26+,34-32+/t43-,44+,45+,48-,49-,50?,51?,52?,53?,54+,55+/m1/s1. The Hall–Kier alpha value is -3.32. The second kappa shape index (κ2) is 41.2. The van der Waals surface area contributed by atoms with E-state index in [1.54, 1.807) is 0 Å². The van der Waals surface area contributed by atoms with Gasteiger partial charge < -0.3 is 64.2 Å². The summed E-state index contributed by atoms with van der Waals surface area (Å²) in [5, 5.41) is 72.1. The molecule has 0 aromatic heterocycles. The minimum Gasteiger partial charge on any atom is -0.462 e. The van der Waals surface area contributed by atoms with E-state index in [2.05, 4.69) is 86.8 Å². The lowest BCUT2D eigenvalue weighted by atomic mass is 9.98. The first-order chi connectivity index (χ1) is 34.0. The first kappa shape index (κ1) is 62.8. The molecule has 2 aliphatic heterocycles. The van der Waals surface area contributed by atoms with Gasteiger partial charge in [-0.3, -0.25) is 9.59 Å². The Morgan fingerprint density at radius 3 is 1.51 bits per heavy atom. The minimum atomic E-state index is -1.78. The fraction of sp³-hybridized carbons (Fsp3) is 0.709. The predicted octanol–water partition coefficient (Wildman–Crippen LogP) is 7.60. The molecular formula is C55H90O15. The number of aliphatic hydroxyl groups excluding tert-OH is 7. The van der Waals surface area contributed by atoms with Crippen molar-refractivity contribution < 1.29 is 73.8 Å². The molecule has 2 fully saturated rings. The molecule has 2 rings (SSSR count). The lowest BCUT2D eigenvalue weighted by Crippen LogP contribution is -2.61. The molecule has 0 bridgehead atoms. The summed E-state index contributed by atoms with van der Waals surface area (Å²) in [6.45, 7) is 2.43. The van der Waals surface area contributed by atoms with E-state index in [0.717, 1.165) is 64.2 Å². The molecule has 4 unspecified atom stereocenters. The molecule has 11 atom stereocenters. The van der Waals surface area contributed by atoms with Crippen LogP contribution in [0, 0.1) is 0 Å². The van der Waals surface area contributed by atoms with Crippen molar-refractivity contribution in [3.63, 3.8) is 0 Å². The van der Waals surface area contributed by atoms with Crippen LogP contribution >= 0.6 is 0 Å². The van der Waals surface area contributed by atoms with Crippen LogP contribution in [-0.2, 0) is 38.0 Å². The Morgan fingerprint density at radius 1 is 0.471 bits per heavy atom. The van der Waals surface area contributed by atoms with E-state index in [1.807, 2.05) is 12.2 Å². The van der Waals surface area contributed by atoms with E-state index in [1.165, 1.54) is 44.9 Å². The number of carbonyl (C=O) groups excluding carboxylic acids is 2. The molecule has 400 valence electrons. The molecule has 0 spiro atoms. The summed E-state index contributed by atoms with van der Waals surface area (Å²) >= 11 is 0. The van der Waals surface area contributed by atoms with Gasteiger partial charge in [-0.2, -0.15) is 0 Å². The second-order valence-electron chi connectivity index (χ2n) is 18.0. The van der Waals surface area contributed by atoms with Gasteiger partial charge in [0.15, 0.2) is 18.7 Å². The fourth-order valence-corrected chi connectivity index (χ4v) is 7.54. The third-order valence-electron chi connectivity index (χ3n) is 11.9. The van der Waals surface area contributed by atoms with E-state index in [4.69, 9.17) is 28.4 Å². The van der Waals surface area contributed by atoms with Gasteiger partial charge in [-0.15, -0.1) is 0 Å². The predicted molar refractivity (Wildman–Crippen MR) is 270 cm³/mol. The molecule has 2 heterocycles. The van der Waals surface area contributed by atoms with Crippen LogP contribution in [0.15, 0.2) is 85.1 Å². The van der Waals surface area contributed by atoms with Gasteiger partial charge in [0.05, 0.1) is 19.8 Å². The van der Waals surface area contributed by atoms with Gasteiger partial charge in [0.1, 0.15) is 55.4 Å². The summed E-state index contributed by atoms with van der Waals surface area (Å²) in [7, 11) is 0. The average molecular weight is 991 g/mol. The highest BCUT2D eigenvalue weighted by Gasteiger charge is 2.47. The van der Waals surface area contributed by atoms with Gasteiger partial charge in [-0.25, -0.2) is 0 Å². The lowest BCUT2D eigenvalue weighted by Gasteiger charge is -2.42. The van der Waals surface area contributed by atoms with Gasteiger partial charge in [0.2, 0.25) is 0 Å². The molecule has 0 aromatic carbocycles. The van der Waals surface area contributed by atoms with Gasteiger partial charge in [0.25, 0.3) is 0 Å². The van der Waals surface area contributed by atoms with Crippen LogP contribution in [0.2, 0.25) is 0 Å². The molecule has 0 radical (unpaired) electrons. The first-order valence-electron chi connectivity index (χ1n) is 26.2. The maximum atomic E-state index is 13.0. The zero-order chi connectivity index (χ0) is 51.0. The van der Waals surface area contributed by atoms with Crippen LogP contribution < -0.4 is 0 Å². The highest BCUT2D eigenvalue weighted by Crippen LogP contribution is 2.26. The quantitative estimate of drug-likeness (QED) is 0.0136. The number of carbonyl (C=O) groups is 2. The molecular weight excluding hydrogens is 901 g/mol. The second-order valence-corrected chi connectivity index (χ2v) is 18.0. The zero-order valence-corrected chi connectivity index (χ0v) is 42.2. The van der Waals surface area contributed by atoms with Crippen molar-refractivity contribution in [3.05, 3.63) is 85.1 Å². The Kier molecular flexibility index (Phi) is 36.9. The molecule has 15 nitrogen and oxygen atoms in total. The van der Waals surface area contributed by atoms with Crippen LogP contribution in [0.3, 0.4) is 0 Å². The van der Waals surface area contributed by atoms with Gasteiger partial charge >= 0.3 is 11.9 Å². The van der Waals surface area contributed by atoms with Crippen molar-refractivity contribution in [1.29, 1.82) is 0 Å². The molecule has 0 aliphatic carbocycles. The van der Waals surface area contributed by atoms with Crippen molar-refractivity contribution >= 4 is 11.9 Å². The number of allylic oxidation sites excluding steroid dienone is 14. The Labute approximate surface area is 418 Å². The molecule has 2 saturated heterocycles. The summed E-state index contributed by atoms with van der Waals surface area (Å²) in [6, 6.07) is 0. The highest BCUT2D eigenvalue weighted by atomic mass is 16.7. The van der Waals surface area contributed by atoms with Gasteiger partial charge in [0, 0.05) is 12.8 Å². The van der Waals surface area contributed by atoms with E-state index >= 15 is 0 Å².